The summed E-state index contributed by atoms with van der Waals surface area (Å²) < 4.78 is 0. The number of nitrogens with zero attached hydrogens (tertiary/aromatic N) is 1. The fourth-order valence-electron chi connectivity index (χ4n) is 1.39. The lowest BCUT2D eigenvalue weighted by Gasteiger charge is -2.08. The number of hydrogen-bond donors (Lipinski definition) is 2. The minimum atomic E-state index is 0.506. The molecule has 0 bridgehead atoms. The van der Waals surface area contributed by atoms with E-state index in [9.17, 15) is 0 Å². The molecular weight excluding hydrogens is 301 g/mol. The van der Waals surface area contributed by atoms with Crippen molar-refractivity contribution in [3.8, 4) is 0 Å². The van der Waals surface area contributed by atoms with Gasteiger partial charge in [-0.05, 0) is 43.8 Å². The number of unbranched alkanes of at least 4 members (excludes halogenated alkanes) is 1. The molecule has 0 aliphatic heterocycles. The molecule has 3 nitrogen and oxygen atoms in total. The van der Waals surface area contributed by atoms with E-state index in [0.29, 0.717) is 15.2 Å². The predicted octanol–water partition coefficient (Wildman–Crippen LogP) is 3.98. The van der Waals surface area contributed by atoms with E-state index in [1.54, 1.807) is 18.2 Å². The maximum Gasteiger partial charge on any atom is 0.186 e. The highest BCUT2D eigenvalue weighted by Gasteiger charge is 2.05. The Labute approximate surface area is 129 Å². The molecule has 0 aromatic heterocycles. The third-order valence-electron chi connectivity index (χ3n) is 2.46. The summed E-state index contributed by atoms with van der Waals surface area (Å²) >= 11 is 17.1. The van der Waals surface area contributed by atoms with E-state index >= 15 is 0 Å². The van der Waals surface area contributed by atoms with Crippen LogP contribution in [0, 0.1) is 0 Å². The Morgan fingerprint density at radius 2 is 2.11 bits per heavy atom. The topological polar surface area (TPSA) is 36.4 Å². The molecule has 0 atom stereocenters. The van der Waals surface area contributed by atoms with Gasteiger partial charge in [0.25, 0.3) is 0 Å². The molecule has 19 heavy (non-hydrogen) atoms. The maximum atomic E-state index is 6.09. The number of thiocarbonyl (C=S) groups is 1. The van der Waals surface area contributed by atoms with Crippen molar-refractivity contribution in [1.82, 2.24) is 10.7 Å². The zero-order valence-electron chi connectivity index (χ0n) is 11.0. The monoisotopic (exact) mass is 317 g/mol. The largest absolute Gasteiger partial charge is 0.361 e. The molecule has 1 rings (SSSR count). The van der Waals surface area contributed by atoms with Gasteiger partial charge in [0.15, 0.2) is 5.11 Å². The van der Waals surface area contributed by atoms with Crippen LogP contribution in [0.5, 0.6) is 0 Å². The van der Waals surface area contributed by atoms with Gasteiger partial charge in [0.05, 0.1) is 5.71 Å². The van der Waals surface area contributed by atoms with Gasteiger partial charge < -0.3 is 5.32 Å². The molecule has 2 N–H and O–H groups in total. The summed E-state index contributed by atoms with van der Waals surface area (Å²) in [7, 11) is 0. The van der Waals surface area contributed by atoms with Gasteiger partial charge in [-0.25, -0.2) is 0 Å². The molecule has 104 valence electrons. The Bertz CT molecular complexity index is 475. The summed E-state index contributed by atoms with van der Waals surface area (Å²) in [5.41, 5.74) is 4.31. The van der Waals surface area contributed by atoms with Gasteiger partial charge in [0.1, 0.15) is 0 Å². The van der Waals surface area contributed by atoms with Crippen molar-refractivity contribution in [1.29, 1.82) is 0 Å². The molecule has 1 aromatic rings. The van der Waals surface area contributed by atoms with Crippen LogP contribution in [0.3, 0.4) is 0 Å². The second-order valence-electron chi connectivity index (χ2n) is 4.04. The lowest BCUT2D eigenvalue weighted by atomic mass is 10.1. The van der Waals surface area contributed by atoms with Crippen LogP contribution in [-0.2, 0) is 0 Å². The number of nitrogens with one attached hydrogen (secondary N) is 2. The van der Waals surface area contributed by atoms with E-state index in [0.717, 1.165) is 30.7 Å². The van der Waals surface area contributed by atoms with Crippen LogP contribution in [0.2, 0.25) is 10.0 Å². The van der Waals surface area contributed by atoms with E-state index in [-0.39, 0.29) is 0 Å². The maximum absolute atomic E-state index is 6.09. The number of hydrogen-bond acceptors (Lipinski definition) is 2. The second kappa shape index (κ2) is 8.35. The summed E-state index contributed by atoms with van der Waals surface area (Å²) in [6, 6.07) is 5.26. The van der Waals surface area contributed by atoms with Gasteiger partial charge in [0, 0.05) is 22.2 Å². The minimum absolute atomic E-state index is 0.506. The SMILES string of the molecule is CCCCNC(=S)N/N=C(/C)c1cc(Cl)ccc1Cl. The normalized spacial score (nSPS) is 11.3. The van der Waals surface area contributed by atoms with Crippen LogP contribution < -0.4 is 10.7 Å². The Morgan fingerprint density at radius 1 is 1.37 bits per heavy atom. The third-order valence-corrected chi connectivity index (χ3v) is 3.26. The van der Waals surface area contributed by atoms with Gasteiger partial charge in [-0.2, -0.15) is 5.10 Å². The van der Waals surface area contributed by atoms with Gasteiger partial charge in [0.2, 0.25) is 0 Å². The van der Waals surface area contributed by atoms with E-state index < -0.39 is 0 Å². The minimum Gasteiger partial charge on any atom is -0.361 e. The summed E-state index contributed by atoms with van der Waals surface area (Å²) in [6.45, 7) is 4.82. The summed E-state index contributed by atoms with van der Waals surface area (Å²) in [5, 5.41) is 9.00. The number of benzene rings is 1. The Hall–Kier alpha value is -0.840. The number of rotatable bonds is 5. The molecule has 0 radical (unpaired) electrons. The molecule has 0 heterocycles. The van der Waals surface area contributed by atoms with Crippen molar-refractivity contribution >= 4 is 46.2 Å². The summed E-state index contributed by atoms with van der Waals surface area (Å²) in [5.74, 6) is 0. The van der Waals surface area contributed by atoms with E-state index in [2.05, 4.69) is 22.8 Å². The van der Waals surface area contributed by atoms with E-state index in [4.69, 9.17) is 35.4 Å². The quantitative estimate of drug-likeness (QED) is 0.373. The van der Waals surface area contributed by atoms with Crippen molar-refractivity contribution in [2.45, 2.75) is 26.7 Å². The molecule has 6 heteroatoms. The first-order valence-corrected chi connectivity index (χ1v) is 7.24. The lowest BCUT2D eigenvalue weighted by molar-refractivity contribution is 0.745. The van der Waals surface area contributed by atoms with Crippen LogP contribution in [-0.4, -0.2) is 17.4 Å². The standard InChI is InChI=1S/C13H17Cl2N3S/c1-3-4-7-16-13(19)18-17-9(2)11-8-10(14)5-6-12(11)15/h5-6,8H,3-4,7H2,1-2H3,(H2,16,18,19)/b17-9-. The third kappa shape index (κ3) is 5.76. The molecular formula is C13H17Cl2N3S. The average Bonchev–Trinajstić information content (AvgIpc) is 2.39. The molecule has 0 aliphatic rings. The number of halogens is 2. The van der Waals surface area contributed by atoms with Crippen LogP contribution in [0.25, 0.3) is 0 Å². The van der Waals surface area contributed by atoms with Crippen molar-refractivity contribution in [2.24, 2.45) is 5.10 Å². The van der Waals surface area contributed by atoms with Crippen LogP contribution >= 0.6 is 35.4 Å². The van der Waals surface area contributed by atoms with Crippen LogP contribution in [0.1, 0.15) is 32.3 Å². The zero-order valence-corrected chi connectivity index (χ0v) is 13.3. The number of hydrazone groups is 1. The second-order valence-corrected chi connectivity index (χ2v) is 5.29. The molecule has 0 fully saturated rings. The molecule has 0 unspecified atom stereocenters. The Balaban J connectivity index is 2.61. The zero-order chi connectivity index (χ0) is 14.3. The molecule has 1 aromatic carbocycles. The van der Waals surface area contributed by atoms with Crippen molar-refractivity contribution < 1.29 is 0 Å². The first-order valence-electron chi connectivity index (χ1n) is 6.08. The molecule has 0 saturated heterocycles. The molecule has 0 aliphatic carbocycles. The highest BCUT2D eigenvalue weighted by Crippen LogP contribution is 2.21. The first kappa shape index (κ1) is 16.2. The highest BCUT2D eigenvalue weighted by atomic mass is 35.5. The fourth-order valence-corrected chi connectivity index (χ4v) is 1.96. The van der Waals surface area contributed by atoms with Crippen LogP contribution in [0.15, 0.2) is 23.3 Å². The highest BCUT2D eigenvalue weighted by molar-refractivity contribution is 7.80. The Kier molecular flexibility index (Phi) is 7.13. The lowest BCUT2D eigenvalue weighted by Crippen LogP contribution is -2.33. The molecule has 0 amide bonds. The Morgan fingerprint density at radius 3 is 2.79 bits per heavy atom. The van der Waals surface area contributed by atoms with Crippen molar-refractivity contribution in [3.05, 3.63) is 33.8 Å². The van der Waals surface area contributed by atoms with Gasteiger partial charge in [-0.15, -0.1) is 0 Å². The van der Waals surface area contributed by atoms with Crippen molar-refractivity contribution in [3.63, 3.8) is 0 Å². The van der Waals surface area contributed by atoms with Crippen molar-refractivity contribution in [2.75, 3.05) is 6.54 Å². The smallest absolute Gasteiger partial charge is 0.186 e. The van der Waals surface area contributed by atoms with E-state index in [1.165, 1.54) is 0 Å². The first-order chi connectivity index (χ1) is 9.04. The predicted molar refractivity (Wildman–Crippen MR) is 87.3 cm³/mol. The van der Waals surface area contributed by atoms with Gasteiger partial charge in [-0.1, -0.05) is 36.5 Å². The molecule has 0 saturated carbocycles. The average molecular weight is 318 g/mol. The van der Waals surface area contributed by atoms with E-state index in [1.807, 2.05) is 6.92 Å². The summed E-state index contributed by atoms with van der Waals surface area (Å²) in [4.78, 5) is 0. The summed E-state index contributed by atoms with van der Waals surface area (Å²) in [6.07, 6.45) is 2.20. The fraction of sp³-hybridized carbons (Fsp3) is 0.385. The van der Waals surface area contributed by atoms with Crippen LogP contribution in [0.4, 0.5) is 0 Å². The van der Waals surface area contributed by atoms with Gasteiger partial charge in [-0.3, -0.25) is 5.43 Å². The molecule has 0 spiro atoms. The van der Waals surface area contributed by atoms with Gasteiger partial charge >= 0.3 is 0 Å².